The second-order valence-corrected chi connectivity index (χ2v) is 6.74. The summed E-state index contributed by atoms with van der Waals surface area (Å²) in [5.74, 6) is -0.709. The van der Waals surface area contributed by atoms with Crippen LogP contribution in [0.1, 0.15) is 21.9 Å². The van der Waals surface area contributed by atoms with Gasteiger partial charge in [0.25, 0.3) is 5.91 Å². The second-order valence-electron chi connectivity index (χ2n) is 5.42. The maximum Gasteiger partial charge on any atom is 0.275 e. The Morgan fingerprint density at radius 2 is 2.00 bits per heavy atom. The highest BCUT2D eigenvalue weighted by Gasteiger charge is 2.17. The third kappa shape index (κ3) is 3.72. The number of carbonyl (C=O) groups excluding carboxylic acids is 1. The maximum absolute atomic E-state index is 13.9. The van der Waals surface area contributed by atoms with Gasteiger partial charge < -0.3 is 5.32 Å². The van der Waals surface area contributed by atoms with E-state index >= 15 is 0 Å². The second kappa shape index (κ2) is 6.93. The number of anilines is 1. The monoisotopic (exact) mass is 422 g/mol. The summed E-state index contributed by atoms with van der Waals surface area (Å²) in [6.07, 6.45) is 0. The zero-order valence-corrected chi connectivity index (χ0v) is 15.7. The van der Waals surface area contributed by atoms with E-state index in [1.165, 1.54) is 12.1 Å². The van der Waals surface area contributed by atoms with Gasteiger partial charge in [-0.2, -0.15) is 5.10 Å². The number of pyridine rings is 1. The van der Waals surface area contributed by atoms with Gasteiger partial charge >= 0.3 is 0 Å². The lowest BCUT2D eigenvalue weighted by Gasteiger charge is -2.10. The Bertz CT molecular complexity index is 973. The fourth-order valence-electron chi connectivity index (χ4n) is 2.34. The minimum Gasteiger partial charge on any atom is -0.318 e. The summed E-state index contributed by atoms with van der Waals surface area (Å²) in [6, 6.07) is 9.46. The van der Waals surface area contributed by atoms with E-state index in [4.69, 9.17) is 11.6 Å². The van der Waals surface area contributed by atoms with Crippen LogP contribution in [0.5, 0.6) is 0 Å². The van der Waals surface area contributed by atoms with E-state index < -0.39 is 11.7 Å². The number of nitrogens with zero attached hydrogens (tertiary/aromatic N) is 3. The van der Waals surface area contributed by atoms with E-state index in [-0.39, 0.29) is 16.4 Å². The van der Waals surface area contributed by atoms with Gasteiger partial charge in [0.15, 0.2) is 5.82 Å². The number of benzene rings is 1. The zero-order valence-electron chi connectivity index (χ0n) is 13.3. The van der Waals surface area contributed by atoms with Crippen molar-refractivity contribution in [2.75, 3.05) is 5.32 Å². The lowest BCUT2D eigenvalue weighted by molar-refractivity contribution is 0.102. The highest BCUT2D eigenvalue weighted by molar-refractivity contribution is 9.10. The van der Waals surface area contributed by atoms with Crippen LogP contribution in [-0.2, 0) is 0 Å². The van der Waals surface area contributed by atoms with Gasteiger partial charge in [-0.1, -0.05) is 27.5 Å². The third-order valence-corrected chi connectivity index (χ3v) is 4.25. The van der Waals surface area contributed by atoms with E-state index in [1.54, 1.807) is 22.9 Å². The van der Waals surface area contributed by atoms with Crippen molar-refractivity contribution in [3.05, 3.63) is 68.8 Å². The summed E-state index contributed by atoms with van der Waals surface area (Å²) in [5.41, 5.74) is 1.74. The van der Waals surface area contributed by atoms with Gasteiger partial charge in [0, 0.05) is 10.2 Å². The molecule has 0 atom stereocenters. The van der Waals surface area contributed by atoms with Gasteiger partial charge in [0.1, 0.15) is 11.5 Å². The number of carbonyl (C=O) groups is 1. The highest BCUT2D eigenvalue weighted by atomic mass is 79.9. The molecule has 128 valence electrons. The molecule has 0 aliphatic heterocycles. The molecule has 0 saturated heterocycles. The van der Waals surface area contributed by atoms with Crippen molar-refractivity contribution in [3.8, 4) is 5.82 Å². The molecule has 1 N–H and O–H groups in total. The third-order valence-electron chi connectivity index (χ3n) is 3.45. The largest absolute Gasteiger partial charge is 0.318 e. The van der Waals surface area contributed by atoms with Gasteiger partial charge in [-0.3, -0.25) is 4.79 Å². The summed E-state index contributed by atoms with van der Waals surface area (Å²) < 4.78 is 16.1. The molecule has 0 saturated carbocycles. The van der Waals surface area contributed by atoms with E-state index in [9.17, 15) is 9.18 Å². The minimum atomic E-state index is -0.602. The Kier molecular flexibility index (Phi) is 4.87. The van der Waals surface area contributed by atoms with Crippen molar-refractivity contribution in [2.24, 2.45) is 0 Å². The van der Waals surface area contributed by atoms with Crippen LogP contribution in [0.3, 0.4) is 0 Å². The molecule has 0 unspecified atom stereocenters. The number of hydrogen-bond acceptors (Lipinski definition) is 3. The molecule has 3 rings (SSSR count). The average Bonchev–Trinajstić information content (AvgIpc) is 2.89. The van der Waals surface area contributed by atoms with E-state index in [0.717, 1.165) is 11.4 Å². The van der Waals surface area contributed by atoms with Crippen LogP contribution in [-0.4, -0.2) is 20.7 Å². The molecular weight excluding hydrogens is 411 g/mol. The molecule has 0 radical (unpaired) electrons. The Balaban J connectivity index is 1.95. The minimum absolute atomic E-state index is 0.00552. The van der Waals surface area contributed by atoms with Crippen LogP contribution in [0, 0.1) is 19.7 Å². The fraction of sp³-hybridized carbons (Fsp3) is 0.118. The molecule has 5 nitrogen and oxygen atoms in total. The van der Waals surface area contributed by atoms with Gasteiger partial charge in [-0.15, -0.1) is 0 Å². The van der Waals surface area contributed by atoms with Crippen molar-refractivity contribution < 1.29 is 9.18 Å². The molecule has 0 bridgehead atoms. The first-order valence-electron chi connectivity index (χ1n) is 7.32. The number of aromatic nitrogens is 3. The predicted molar refractivity (Wildman–Crippen MR) is 97.9 cm³/mol. The van der Waals surface area contributed by atoms with E-state index in [2.05, 4.69) is 31.3 Å². The number of hydrogen-bond donors (Lipinski definition) is 1. The molecule has 8 heteroatoms. The molecule has 1 amide bonds. The lowest BCUT2D eigenvalue weighted by Crippen LogP contribution is -2.17. The van der Waals surface area contributed by atoms with Crippen molar-refractivity contribution in [2.45, 2.75) is 13.8 Å². The zero-order chi connectivity index (χ0) is 18.1. The Hall–Kier alpha value is -2.25. The van der Waals surface area contributed by atoms with Crippen molar-refractivity contribution in [1.29, 1.82) is 0 Å². The Morgan fingerprint density at radius 1 is 1.24 bits per heavy atom. The van der Waals surface area contributed by atoms with Crippen LogP contribution in [0.4, 0.5) is 10.1 Å². The highest BCUT2D eigenvalue weighted by Crippen LogP contribution is 2.22. The predicted octanol–water partition coefficient (Wildman–Crippen LogP) is 4.69. The Labute approximate surface area is 157 Å². The van der Waals surface area contributed by atoms with E-state index in [0.29, 0.717) is 10.3 Å². The summed E-state index contributed by atoms with van der Waals surface area (Å²) >= 11 is 9.27. The number of nitrogens with one attached hydrogen (secondary N) is 1. The molecule has 0 fully saturated rings. The van der Waals surface area contributed by atoms with Crippen molar-refractivity contribution >= 4 is 39.1 Å². The molecular formula is C17H13BrClFN4O. The molecule has 2 aromatic heterocycles. The van der Waals surface area contributed by atoms with Gasteiger partial charge in [-0.05, 0) is 50.2 Å². The first kappa shape index (κ1) is 17.6. The summed E-state index contributed by atoms with van der Waals surface area (Å²) in [5, 5.41) is 6.98. The summed E-state index contributed by atoms with van der Waals surface area (Å²) in [7, 11) is 0. The lowest BCUT2D eigenvalue weighted by atomic mass is 10.2. The molecule has 3 aromatic rings. The van der Waals surface area contributed by atoms with Crippen molar-refractivity contribution in [3.63, 3.8) is 0 Å². The fourth-order valence-corrected chi connectivity index (χ4v) is 2.87. The first-order chi connectivity index (χ1) is 11.8. The number of halogens is 3. The number of rotatable bonds is 3. The smallest absolute Gasteiger partial charge is 0.275 e. The number of aryl methyl sites for hydroxylation is 2. The number of amides is 1. The topological polar surface area (TPSA) is 59.8 Å². The quantitative estimate of drug-likeness (QED) is 0.665. The molecule has 2 heterocycles. The maximum atomic E-state index is 13.9. The molecule has 0 aliphatic carbocycles. The molecule has 0 aliphatic rings. The Morgan fingerprint density at radius 3 is 2.64 bits per heavy atom. The van der Waals surface area contributed by atoms with Gasteiger partial charge in [0.05, 0.1) is 16.4 Å². The molecule has 25 heavy (non-hydrogen) atoms. The van der Waals surface area contributed by atoms with Gasteiger partial charge in [0.2, 0.25) is 0 Å². The summed E-state index contributed by atoms with van der Waals surface area (Å²) in [6.45, 7) is 3.75. The van der Waals surface area contributed by atoms with Crippen LogP contribution < -0.4 is 5.32 Å². The molecule has 1 aromatic carbocycles. The average molecular weight is 424 g/mol. The van der Waals surface area contributed by atoms with Crippen LogP contribution in [0.15, 0.2) is 40.9 Å². The normalized spacial score (nSPS) is 10.8. The first-order valence-corrected chi connectivity index (χ1v) is 8.49. The van der Waals surface area contributed by atoms with Gasteiger partial charge in [-0.25, -0.2) is 14.1 Å². The van der Waals surface area contributed by atoms with Crippen LogP contribution in [0.25, 0.3) is 5.82 Å². The van der Waals surface area contributed by atoms with Crippen LogP contribution in [0.2, 0.25) is 5.02 Å². The van der Waals surface area contributed by atoms with Crippen molar-refractivity contribution in [1.82, 2.24) is 14.8 Å². The standard InChI is InChI=1S/C17H13BrClFN4O/c1-9-7-10(2)24(23-9)15-6-4-12(19)16(22-15)17(25)21-14-5-3-11(18)8-13(14)20/h3-8H,1-2H3,(H,21,25). The summed E-state index contributed by atoms with van der Waals surface area (Å²) in [4.78, 5) is 16.8. The molecule has 0 spiro atoms. The van der Waals surface area contributed by atoms with Crippen LogP contribution >= 0.6 is 27.5 Å². The van der Waals surface area contributed by atoms with E-state index in [1.807, 2.05) is 19.9 Å². The SMILES string of the molecule is Cc1cc(C)n(-c2ccc(Cl)c(C(=O)Nc3ccc(Br)cc3F)n2)n1.